The number of hydrogen-bond donors (Lipinski definition) is 0. The third kappa shape index (κ3) is 5.95. The lowest BCUT2D eigenvalue weighted by Gasteiger charge is -2.23. The van der Waals surface area contributed by atoms with E-state index in [4.69, 9.17) is 42.4 Å². The fraction of sp³-hybridized carbons (Fsp3) is 0.194. The van der Waals surface area contributed by atoms with Gasteiger partial charge in [0.2, 0.25) is 0 Å². The number of allylic oxidation sites excluding steroid dienone is 1. The standard InChI is InChI=1S/C31H26Cl2N2O5S/c1-4-39-30(37)27-18(2)35-29(36)26(15-20-10-12-22(32)16-23(20)33)41-31(35)34-28(27)21-11-13-24(25(14-21)38-3)40-17-19-8-6-5-7-9-19/h5-16,28H,4,17H2,1-3H3/b26-15-/t28-/m1/s1. The van der Waals surface area contributed by atoms with E-state index in [1.807, 2.05) is 36.4 Å². The van der Waals surface area contributed by atoms with Crippen LogP contribution in [0.2, 0.25) is 10.0 Å². The number of hydrogen-bond acceptors (Lipinski definition) is 7. The van der Waals surface area contributed by atoms with Crippen LogP contribution < -0.4 is 24.4 Å². The Morgan fingerprint density at radius 1 is 1.07 bits per heavy atom. The predicted molar refractivity (Wildman–Crippen MR) is 161 cm³/mol. The predicted octanol–water partition coefficient (Wildman–Crippen LogP) is 5.80. The summed E-state index contributed by atoms with van der Waals surface area (Å²) in [6, 6.07) is 19.6. The van der Waals surface area contributed by atoms with Crippen molar-refractivity contribution in [3.05, 3.63) is 119 Å². The molecule has 0 N–H and O–H groups in total. The van der Waals surface area contributed by atoms with Crippen LogP contribution in [0.4, 0.5) is 0 Å². The highest BCUT2D eigenvalue weighted by molar-refractivity contribution is 7.07. The van der Waals surface area contributed by atoms with E-state index in [0.29, 0.717) is 54.3 Å². The number of carbonyl (C=O) groups excluding carboxylic acids is 1. The Balaban J connectivity index is 1.60. The molecule has 0 amide bonds. The lowest BCUT2D eigenvalue weighted by molar-refractivity contribution is -0.138. The van der Waals surface area contributed by atoms with Crippen LogP contribution in [0.15, 0.2) is 82.1 Å². The van der Waals surface area contributed by atoms with Crippen LogP contribution in [0.25, 0.3) is 11.8 Å². The molecule has 4 aromatic rings. The number of halogens is 2. The SMILES string of the molecule is CCOC(=O)C1=C(C)n2c(s/c(=C\c3ccc(Cl)cc3Cl)c2=O)=N[C@@H]1c1ccc(OCc2ccccc2)c(OC)c1. The third-order valence-corrected chi connectivity index (χ3v) is 8.07. The zero-order valence-electron chi connectivity index (χ0n) is 22.5. The molecule has 0 unspecified atom stereocenters. The number of aromatic nitrogens is 1. The second-order valence-electron chi connectivity index (χ2n) is 9.14. The zero-order chi connectivity index (χ0) is 29.1. The van der Waals surface area contributed by atoms with Gasteiger partial charge in [-0.05, 0) is 60.9 Å². The molecule has 1 aliphatic rings. The number of benzene rings is 3. The minimum atomic E-state index is -0.726. The number of fused-ring (bicyclic) bond motifs is 1. The molecular formula is C31H26Cl2N2O5S. The molecule has 0 spiro atoms. The van der Waals surface area contributed by atoms with Crippen LogP contribution in [-0.4, -0.2) is 24.3 Å². The first-order chi connectivity index (χ1) is 19.8. The van der Waals surface area contributed by atoms with Crippen LogP contribution in [-0.2, 0) is 16.1 Å². The van der Waals surface area contributed by atoms with Crippen molar-refractivity contribution in [1.29, 1.82) is 0 Å². The van der Waals surface area contributed by atoms with Gasteiger partial charge in [-0.2, -0.15) is 0 Å². The number of nitrogens with zero attached hydrogens (tertiary/aromatic N) is 2. The lowest BCUT2D eigenvalue weighted by atomic mass is 9.96. The van der Waals surface area contributed by atoms with E-state index in [9.17, 15) is 9.59 Å². The summed E-state index contributed by atoms with van der Waals surface area (Å²) >= 11 is 13.6. The Hall–Kier alpha value is -3.85. The molecule has 10 heteroatoms. The van der Waals surface area contributed by atoms with Crippen molar-refractivity contribution in [2.75, 3.05) is 13.7 Å². The molecule has 0 radical (unpaired) electrons. The molecule has 3 aromatic carbocycles. The molecule has 0 aliphatic carbocycles. The molecular weight excluding hydrogens is 583 g/mol. The summed E-state index contributed by atoms with van der Waals surface area (Å²) in [5, 5.41) is 0.918. The van der Waals surface area contributed by atoms with Crippen molar-refractivity contribution >= 4 is 52.3 Å². The van der Waals surface area contributed by atoms with E-state index in [1.54, 1.807) is 57.4 Å². The van der Waals surface area contributed by atoms with Gasteiger partial charge in [-0.1, -0.05) is 77.0 Å². The maximum Gasteiger partial charge on any atom is 0.338 e. The fourth-order valence-corrected chi connectivity index (χ4v) is 6.02. The molecule has 7 nitrogen and oxygen atoms in total. The van der Waals surface area contributed by atoms with Gasteiger partial charge in [-0.3, -0.25) is 9.36 Å². The normalized spacial score (nSPS) is 14.9. The van der Waals surface area contributed by atoms with Crippen molar-refractivity contribution < 1.29 is 19.0 Å². The molecule has 0 saturated heterocycles. The maximum atomic E-state index is 13.5. The van der Waals surface area contributed by atoms with E-state index in [-0.39, 0.29) is 17.7 Å². The van der Waals surface area contributed by atoms with Crippen LogP contribution in [0, 0.1) is 0 Å². The Morgan fingerprint density at radius 3 is 2.56 bits per heavy atom. The van der Waals surface area contributed by atoms with Crippen molar-refractivity contribution in [1.82, 2.24) is 4.57 Å². The first-order valence-electron chi connectivity index (χ1n) is 12.8. The lowest BCUT2D eigenvalue weighted by Crippen LogP contribution is -2.35. The molecule has 5 rings (SSSR count). The molecule has 0 bridgehead atoms. The molecule has 0 saturated carbocycles. The topological polar surface area (TPSA) is 79.1 Å². The number of thiazole rings is 1. The number of rotatable bonds is 8. The second kappa shape index (κ2) is 12.3. The zero-order valence-corrected chi connectivity index (χ0v) is 24.8. The fourth-order valence-electron chi connectivity index (χ4n) is 4.53. The van der Waals surface area contributed by atoms with Gasteiger partial charge in [0.15, 0.2) is 16.3 Å². The van der Waals surface area contributed by atoms with Crippen molar-refractivity contribution in [3.63, 3.8) is 0 Å². The average molecular weight is 610 g/mol. The van der Waals surface area contributed by atoms with Gasteiger partial charge in [0.25, 0.3) is 5.56 Å². The third-order valence-electron chi connectivity index (χ3n) is 6.53. The smallest absolute Gasteiger partial charge is 0.338 e. The highest BCUT2D eigenvalue weighted by Crippen LogP contribution is 2.37. The summed E-state index contributed by atoms with van der Waals surface area (Å²) < 4.78 is 18.9. The minimum absolute atomic E-state index is 0.178. The van der Waals surface area contributed by atoms with Crippen LogP contribution in [0.1, 0.15) is 36.6 Å². The van der Waals surface area contributed by atoms with Crippen molar-refractivity contribution in [2.24, 2.45) is 4.99 Å². The van der Waals surface area contributed by atoms with Gasteiger partial charge in [-0.15, -0.1) is 0 Å². The summed E-state index contributed by atoms with van der Waals surface area (Å²) in [5.41, 5.74) is 2.77. The maximum absolute atomic E-state index is 13.5. The second-order valence-corrected chi connectivity index (χ2v) is 11.0. The Labute approximate surface area is 250 Å². The Kier molecular flexibility index (Phi) is 8.63. The van der Waals surface area contributed by atoms with Gasteiger partial charge in [0, 0.05) is 15.7 Å². The Morgan fingerprint density at radius 2 is 1.85 bits per heavy atom. The molecule has 1 aromatic heterocycles. The van der Waals surface area contributed by atoms with Gasteiger partial charge in [-0.25, -0.2) is 9.79 Å². The van der Waals surface area contributed by atoms with Gasteiger partial charge in [0.1, 0.15) is 12.6 Å². The number of carbonyl (C=O) groups is 1. The first kappa shape index (κ1) is 28.7. The van der Waals surface area contributed by atoms with E-state index < -0.39 is 12.0 Å². The molecule has 1 atom stereocenters. The van der Waals surface area contributed by atoms with Gasteiger partial charge >= 0.3 is 5.97 Å². The van der Waals surface area contributed by atoms with E-state index >= 15 is 0 Å². The van der Waals surface area contributed by atoms with Gasteiger partial charge < -0.3 is 14.2 Å². The summed E-state index contributed by atoms with van der Waals surface area (Å²) in [6.45, 7) is 4.00. The van der Waals surface area contributed by atoms with Gasteiger partial charge in [0.05, 0.1) is 23.8 Å². The molecule has 210 valence electrons. The van der Waals surface area contributed by atoms with Crippen molar-refractivity contribution in [3.8, 4) is 11.5 Å². The molecule has 2 heterocycles. The highest BCUT2D eigenvalue weighted by Gasteiger charge is 2.32. The monoisotopic (exact) mass is 608 g/mol. The number of esters is 1. The first-order valence-corrected chi connectivity index (χ1v) is 14.4. The van der Waals surface area contributed by atoms with Crippen LogP contribution in [0.3, 0.4) is 0 Å². The molecule has 0 fully saturated rings. The summed E-state index contributed by atoms with van der Waals surface area (Å²) in [6.07, 6.45) is 1.70. The summed E-state index contributed by atoms with van der Waals surface area (Å²) in [7, 11) is 1.56. The number of ether oxygens (including phenoxy) is 3. The van der Waals surface area contributed by atoms with Crippen LogP contribution >= 0.6 is 34.5 Å². The number of methoxy groups -OCH3 is 1. The van der Waals surface area contributed by atoms with Crippen LogP contribution in [0.5, 0.6) is 11.5 Å². The van der Waals surface area contributed by atoms with E-state index in [2.05, 4.69) is 0 Å². The minimum Gasteiger partial charge on any atom is -0.493 e. The Bertz CT molecular complexity index is 1830. The quantitative estimate of drug-likeness (QED) is 0.236. The summed E-state index contributed by atoms with van der Waals surface area (Å²) in [5.74, 6) is 0.506. The molecule has 41 heavy (non-hydrogen) atoms. The molecule has 1 aliphatic heterocycles. The van der Waals surface area contributed by atoms with Crippen molar-refractivity contribution in [2.45, 2.75) is 26.5 Å². The van der Waals surface area contributed by atoms with E-state index in [1.165, 1.54) is 15.9 Å². The largest absolute Gasteiger partial charge is 0.493 e. The average Bonchev–Trinajstić information content (AvgIpc) is 3.28. The highest BCUT2D eigenvalue weighted by atomic mass is 35.5. The summed E-state index contributed by atoms with van der Waals surface area (Å²) in [4.78, 5) is 32.0. The van der Waals surface area contributed by atoms with E-state index in [0.717, 1.165) is 5.56 Å².